The van der Waals surface area contributed by atoms with E-state index in [1.807, 2.05) is 0 Å². The first kappa shape index (κ1) is 12.5. The van der Waals surface area contributed by atoms with E-state index in [1.165, 1.54) is 18.9 Å². The van der Waals surface area contributed by atoms with Crippen LogP contribution in [0.3, 0.4) is 0 Å². The molecule has 1 aliphatic carbocycles. The molecule has 0 aliphatic heterocycles. The van der Waals surface area contributed by atoms with Crippen LogP contribution >= 0.6 is 11.6 Å². The Morgan fingerprint density at radius 1 is 1.42 bits per heavy atom. The van der Waals surface area contributed by atoms with Gasteiger partial charge in [0.1, 0.15) is 5.82 Å². The first-order valence-electron chi connectivity index (χ1n) is 6.37. The quantitative estimate of drug-likeness (QED) is 0.893. The molecule has 0 saturated heterocycles. The Morgan fingerprint density at radius 2 is 2.16 bits per heavy atom. The highest BCUT2D eigenvalue weighted by Crippen LogP contribution is 2.46. The first-order valence-corrected chi connectivity index (χ1v) is 6.75. The Morgan fingerprint density at radius 3 is 2.79 bits per heavy atom. The average Bonchev–Trinajstić information content (AvgIpc) is 3.14. The van der Waals surface area contributed by atoms with Gasteiger partial charge in [-0.2, -0.15) is 5.10 Å². The van der Waals surface area contributed by atoms with E-state index >= 15 is 0 Å². The largest absolute Gasteiger partial charge is 0.382 e. The van der Waals surface area contributed by atoms with Crippen LogP contribution in [-0.2, 0) is 0 Å². The minimum Gasteiger partial charge on any atom is -0.382 e. The second kappa shape index (κ2) is 4.53. The molecule has 0 spiro atoms. The molecule has 1 fully saturated rings. The average molecular weight is 280 g/mol. The van der Waals surface area contributed by atoms with Crippen molar-refractivity contribution in [3.63, 3.8) is 0 Å². The number of nitrogens with zero attached hydrogens (tertiary/aromatic N) is 1. The smallest absolute Gasteiger partial charge is 0.153 e. The van der Waals surface area contributed by atoms with Gasteiger partial charge in [-0.1, -0.05) is 24.6 Å². The second-order valence-electron chi connectivity index (χ2n) is 5.12. The molecule has 5 heteroatoms. The van der Waals surface area contributed by atoms with E-state index in [4.69, 9.17) is 17.3 Å². The van der Waals surface area contributed by atoms with Crippen molar-refractivity contribution in [2.45, 2.75) is 25.7 Å². The zero-order valence-corrected chi connectivity index (χ0v) is 11.3. The number of rotatable bonds is 3. The summed E-state index contributed by atoms with van der Waals surface area (Å²) in [6, 6.07) is 4.64. The van der Waals surface area contributed by atoms with Gasteiger partial charge in [0.05, 0.1) is 10.6 Å². The van der Waals surface area contributed by atoms with Crippen molar-refractivity contribution in [3.05, 3.63) is 34.7 Å². The maximum absolute atomic E-state index is 14.1. The molecule has 0 bridgehead atoms. The summed E-state index contributed by atoms with van der Waals surface area (Å²) in [6.45, 7) is 2.11. The topological polar surface area (TPSA) is 54.7 Å². The third-order valence-corrected chi connectivity index (χ3v) is 4.13. The van der Waals surface area contributed by atoms with Gasteiger partial charge < -0.3 is 5.73 Å². The predicted molar refractivity (Wildman–Crippen MR) is 74.5 cm³/mol. The molecule has 1 aromatic carbocycles. The maximum Gasteiger partial charge on any atom is 0.153 e. The number of halogens is 2. The van der Waals surface area contributed by atoms with Crippen molar-refractivity contribution in [2.75, 3.05) is 5.73 Å². The number of nitrogens with one attached hydrogen (secondary N) is 1. The summed E-state index contributed by atoms with van der Waals surface area (Å²) >= 11 is 6.13. The number of hydrogen-bond acceptors (Lipinski definition) is 2. The zero-order chi connectivity index (χ0) is 13.6. The summed E-state index contributed by atoms with van der Waals surface area (Å²) in [5.74, 6) is 0.846. The van der Waals surface area contributed by atoms with E-state index < -0.39 is 0 Å². The van der Waals surface area contributed by atoms with Crippen LogP contribution in [0, 0.1) is 11.7 Å². The number of anilines is 1. The third-order valence-electron chi connectivity index (χ3n) is 3.82. The Kier molecular flexibility index (Phi) is 2.97. The second-order valence-corrected chi connectivity index (χ2v) is 5.53. The molecule has 3 rings (SSSR count). The zero-order valence-electron chi connectivity index (χ0n) is 10.6. The molecule has 1 aliphatic rings. The molecule has 100 valence electrons. The van der Waals surface area contributed by atoms with Gasteiger partial charge in [0.25, 0.3) is 0 Å². The van der Waals surface area contributed by atoms with E-state index in [0.717, 1.165) is 5.69 Å². The molecule has 0 radical (unpaired) electrons. The van der Waals surface area contributed by atoms with E-state index in [9.17, 15) is 4.39 Å². The highest BCUT2D eigenvalue weighted by atomic mass is 35.5. The van der Waals surface area contributed by atoms with Gasteiger partial charge in [0.15, 0.2) is 5.82 Å². The van der Waals surface area contributed by atoms with Gasteiger partial charge in [-0.15, -0.1) is 0 Å². The molecule has 1 saturated carbocycles. The molecule has 1 atom stereocenters. The van der Waals surface area contributed by atoms with Crippen LogP contribution in [-0.4, -0.2) is 10.2 Å². The molecule has 1 unspecified atom stereocenters. The van der Waals surface area contributed by atoms with Gasteiger partial charge in [0, 0.05) is 17.2 Å². The fourth-order valence-corrected chi connectivity index (χ4v) is 2.79. The van der Waals surface area contributed by atoms with Crippen molar-refractivity contribution in [1.29, 1.82) is 0 Å². The van der Waals surface area contributed by atoms with E-state index in [2.05, 4.69) is 17.1 Å². The van der Waals surface area contributed by atoms with Gasteiger partial charge in [0.2, 0.25) is 0 Å². The van der Waals surface area contributed by atoms with Crippen LogP contribution < -0.4 is 5.73 Å². The van der Waals surface area contributed by atoms with Gasteiger partial charge in [-0.25, -0.2) is 4.39 Å². The van der Waals surface area contributed by atoms with Crippen molar-refractivity contribution in [3.8, 4) is 11.1 Å². The van der Waals surface area contributed by atoms with Crippen molar-refractivity contribution < 1.29 is 4.39 Å². The van der Waals surface area contributed by atoms with Crippen molar-refractivity contribution in [1.82, 2.24) is 10.2 Å². The van der Waals surface area contributed by atoms with Gasteiger partial charge in [-0.05, 0) is 30.9 Å². The molecule has 2 aromatic rings. The number of nitrogens with two attached hydrogens (primary N) is 1. The molecule has 3 N–H and O–H groups in total. The standard InChI is InChI=1S/C14H15ClFN3/c1-7(8-5-6-8)13-12(14(17)19-18-13)11-9(15)3-2-4-10(11)16/h2-4,7-8H,5-6H2,1H3,(H3,17,18,19). The predicted octanol–water partition coefficient (Wildman–Crippen LogP) is 3.96. The molecular formula is C14H15ClFN3. The summed E-state index contributed by atoms with van der Waals surface area (Å²) in [5, 5.41) is 7.34. The van der Waals surface area contributed by atoms with Crippen LogP contribution in [0.5, 0.6) is 0 Å². The van der Waals surface area contributed by atoms with E-state index in [0.29, 0.717) is 27.9 Å². The van der Waals surface area contributed by atoms with Crippen LogP contribution in [0.2, 0.25) is 5.02 Å². The maximum atomic E-state index is 14.1. The van der Waals surface area contributed by atoms with Crippen LogP contribution in [0.25, 0.3) is 11.1 Å². The lowest BCUT2D eigenvalue weighted by molar-refractivity contribution is 0.626. The van der Waals surface area contributed by atoms with Crippen molar-refractivity contribution >= 4 is 17.4 Å². The highest BCUT2D eigenvalue weighted by molar-refractivity contribution is 6.33. The number of aromatic nitrogens is 2. The Labute approximate surface area is 116 Å². The molecule has 19 heavy (non-hydrogen) atoms. The summed E-state index contributed by atoms with van der Waals surface area (Å²) in [7, 11) is 0. The lowest BCUT2D eigenvalue weighted by atomic mass is 9.94. The van der Waals surface area contributed by atoms with Gasteiger partial charge >= 0.3 is 0 Å². The van der Waals surface area contributed by atoms with E-state index in [1.54, 1.807) is 12.1 Å². The summed E-state index contributed by atoms with van der Waals surface area (Å²) in [4.78, 5) is 0. The lowest BCUT2D eigenvalue weighted by Crippen LogP contribution is -2.00. The minimum absolute atomic E-state index is 0.287. The van der Waals surface area contributed by atoms with Crippen molar-refractivity contribution in [2.24, 2.45) is 5.92 Å². The fraction of sp³-hybridized carbons (Fsp3) is 0.357. The molecule has 1 heterocycles. The molecule has 0 amide bonds. The Hall–Kier alpha value is -1.55. The Bertz CT molecular complexity index is 599. The first-order chi connectivity index (χ1) is 9.09. The number of nitrogen functional groups attached to an aromatic ring is 1. The monoisotopic (exact) mass is 279 g/mol. The molecule has 1 aromatic heterocycles. The summed E-state index contributed by atoms with van der Waals surface area (Å²) in [6.07, 6.45) is 2.40. The summed E-state index contributed by atoms with van der Waals surface area (Å²) in [5.41, 5.74) is 7.74. The SMILES string of the molecule is CC(c1[nH]nc(N)c1-c1c(F)cccc1Cl)C1CC1. The number of benzene rings is 1. The lowest BCUT2D eigenvalue weighted by Gasteiger charge is -2.12. The van der Waals surface area contributed by atoms with Crippen LogP contribution in [0.4, 0.5) is 10.2 Å². The normalized spacial score (nSPS) is 16.6. The number of aromatic amines is 1. The number of H-pyrrole nitrogens is 1. The molecular weight excluding hydrogens is 265 g/mol. The third kappa shape index (κ3) is 2.10. The van der Waals surface area contributed by atoms with Gasteiger partial charge in [-0.3, -0.25) is 5.10 Å². The Balaban J connectivity index is 2.16. The minimum atomic E-state index is -0.371. The summed E-state index contributed by atoms with van der Waals surface area (Å²) < 4.78 is 14.1. The highest BCUT2D eigenvalue weighted by Gasteiger charge is 2.33. The van der Waals surface area contributed by atoms with Crippen LogP contribution in [0.1, 0.15) is 31.4 Å². The fourth-order valence-electron chi connectivity index (χ4n) is 2.53. The van der Waals surface area contributed by atoms with Crippen LogP contribution in [0.15, 0.2) is 18.2 Å². The molecule has 3 nitrogen and oxygen atoms in total. The van der Waals surface area contributed by atoms with E-state index in [-0.39, 0.29) is 11.7 Å². The number of hydrogen-bond donors (Lipinski definition) is 2.